The highest BCUT2D eigenvalue weighted by atomic mass is 19.1. The van der Waals surface area contributed by atoms with Crippen molar-refractivity contribution in [2.75, 3.05) is 5.32 Å². The number of rotatable bonds is 3. The van der Waals surface area contributed by atoms with Crippen LogP contribution in [0.5, 0.6) is 0 Å². The zero-order valence-corrected chi connectivity index (χ0v) is 12.5. The first-order valence-corrected chi connectivity index (χ1v) is 7.49. The van der Waals surface area contributed by atoms with Crippen LogP contribution in [0.15, 0.2) is 36.5 Å². The van der Waals surface area contributed by atoms with Crippen molar-refractivity contribution in [1.29, 1.82) is 0 Å². The molecule has 1 fully saturated rings. The molecule has 2 heterocycles. The third-order valence-electron chi connectivity index (χ3n) is 4.30. The molecule has 3 aromatic rings. The Bertz CT molecular complexity index is 904. The molecular weight excluding hydrogens is 295 g/mol. The molecule has 2 aromatic heterocycles. The van der Waals surface area contributed by atoms with Crippen LogP contribution in [0.25, 0.3) is 11.0 Å². The zero-order chi connectivity index (χ0) is 16.0. The Morgan fingerprint density at radius 2 is 2.22 bits per heavy atom. The smallest absolute Gasteiger partial charge is 0.228 e. The van der Waals surface area contributed by atoms with E-state index in [1.54, 1.807) is 24.4 Å². The molecule has 0 saturated heterocycles. The Morgan fingerprint density at radius 1 is 1.39 bits per heavy atom. The highest BCUT2D eigenvalue weighted by Crippen LogP contribution is 2.48. The summed E-state index contributed by atoms with van der Waals surface area (Å²) in [7, 11) is 0. The molecule has 2 N–H and O–H groups in total. The topological polar surface area (TPSA) is 70.7 Å². The number of carbonyl (C=O) groups is 1. The standard InChI is InChI=1S/C17H15FN4O/c1-9-12-6-10(8-19-16(12)22-21-9)20-17(23)14-7-13(14)11-4-2-3-5-15(11)18/h2-6,8,13-14H,7H2,1H3,(H,20,23)(H,19,21,22). The van der Waals surface area contributed by atoms with E-state index >= 15 is 0 Å². The quantitative estimate of drug-likeness (QED) is 0.780. The molecule has 116 valence electrons. The van der Waals surface area contributed by atoms with Gasteiger partial charge in [-0.1, -0.05) is 18.2 Å². The minimum atomic E-state index is -0.245. The molecule has 1 amide bonds. The van der Waals surface area contributed by atoms with Crippen molar-refractivity contribution in [2.45, 2.75) is 19.3 Å². The fraction of sp³-hybridized carbons (Fsp3) is 0.235. The van der Waals surface area contributed by atoms with Crippen LogP contribution in [0.1, 0.15) is 23.6 Å². The maximum atomic E-state index is 13.8. The van der Waals surface area contributed by atoms with E-state index < -0.39 is 0 Å². The summed E-state index contributed by atoms with van der Waals surface area (Å²) in [5.41, 5.74) is 2.77. The van der Waals surface area contributed by atoms with Crippen LogP contribution in [0, 0.1) is 18.7 Å². The van der Waals surface area contributed by atoms with Gasteiger partial charge in [-0.2, -0.15) is 5.10 Å². The van der Waals surface area contributed by atoms with Crippen LogP contribution in [0.2, 0.25) is 0 Å². The summed E-state index contributed by atoms with van der Waals surface area (Å²) in [6.45, 7) is 1.90. The van der Waals surface area contributed by atoms with Crippen molar-refractivity contribution < 1.29 is 9.18 Å². The molecule has 1 aliphatic rings. The van der Waals surface area contributed by atoms with Crippen molar-refractivity contribution in [2.24, 2.45) is 5.92 Å². The summed E-state index contributed by atoms with van der Waals surface area (Å²) in [5.74, 6) is -0.568. The normalized spacial score (nSPS) is 19.7. The van der Waals surface area contributed by atoms with Crippen LogP contribution in [-0.4, -0.2) is 21.1 Å². The largest absolute Gasteiger partial charge is 0.324 e. The number of halogens is 1. The third kappa shape index (κ3) is 2.46. The Morgan fingerprint density at radius 3 is 3.04 bits per heavy atom. The number of aromatic nitrogens is 3. The van der Waals surface area contributed by atoms with Crippen molar-refractivity contribution >= 4 is 22.6 Å². The fourth-order valence-electron chi connectivity index (χ4n) is 2.93. The van der Waals surface area contributed by atoms with Gasteiger partial charge in [0.05, 0.1) is 11.9 Å². The average molecular weight is 310 g/mol. The van der Waals surface area contributed by atoms with Gasteiger partial charge < -0.3 is 5.32 Å². The lowest BCUT2D eigenvalue weighted by Gasteiger charge is -2.05. The molecule has 1 aromatic carbocycles. The van der Waals surface area contributed by atoms with Crippen LogP contribution in [0.4, 0.5) is 10.1 Å². The van der Waals surface area contributed by atoms with Crippen LogP contribution >= 0.6 is 0 Å². The van der Waals surface area contributed by atoms with Crippen LogP contribution in [-0.2, 0) is 4.79 Å². The molecule has 0 spiro atoms. The van der Waals surface area contributed by atoms with E-state index in [4.69, 9.17) is 0 Å². The predicted molar refractivity (Wildman–Crippen MR) is 84.5 cm³/mol. The zero-order valence-electron chi connectivity index (χ0n) is 12.5. The Balaban J connectivity index is 1.50. The third-order valence-corrected chi connectivity index (χ3v) is 4.30. The van der Waals surface area contributed by atoms with E-state index in [9.17, 15) is 9.18 Å². The van der Waals surface area contributed by atoms with E-state index in [-0.39, 0.29) is 23.6 Å². The Labute approximate surface area is 131 Å². The molecule has 4 rings (SSSR count). The number of nitrogens with zero attached hydrogens (tertiary/aromatic N) is 2. The lowest BCUT2D eigenvalue weighted by atomic mass is 10.1. The molecule has 0 bridgehead atoms. The predicted octanol–water partition coefficient (Wildman–Crippen LogP) is 3.15. The average Bonchev–Trinajstić information content (AvgIpc) is 3.26. The van der Waals surface area contributed by atoms with E-state index in [0.717, 1.165) is 11.1 Å². The summed E-state index contributed by atoms with van der Waals surface area (Å²) >= 11 is 0. The number of nitrogens with one attached hydrogen (secondary N) is 2. The molecule has 2 atom stereocenters. The lowest BCUT2D eigenvalue weighted by molar-refractivity contribution is -0.117. The van der Waals surface area contributed by atoms with Gasteiger partial charge in [0.15, 0.2) is 5.65 Å². The van der Waals surface area contributed by atoms with Gasteiger partial charge in [0.2, 0.25) is 5.91 Å². The molecule has 2 unspecified atom stereocenters. The maximum Gasteiger partial charge on any atom is 0.228 e. The molecule has 1 saturated carbocycles. The molecule has 0 radical (unpaired) electrons. The van der Waals surface area contributed by atoms with Crippen molar-refractivity contribution in [3.05, 3.63) is 53.6 Å². The van der Waals surface area contributed by atoms with Crippen molar-refractivity contribution in [1.82, 2.24) is 15.2 Å². The molecule has 23 heavy (non-hydrogen) atoms. The van der Waals surface area contributed by atoms with E-state index in [1.165, 1.54) is 6.07 Å². The number of hydrogen-bond acceptors (Lipinski definition) is 3. The van der Waals surface area contributed by atoms with Gasteiger partial charge in [0.25, 0.3) is 0 Å². The minimum absolute atomic E-state index is 0.0384. The maximum absolute atomic E-state index is 13.8. The monoisotopic (exact) mass is 310 g/mol. The number of amides is 1. The van der Waals surface area contributed by atoms with Gasteiger partial charge in [-0.3, -0.25) is 9.89 Å². The van der Waals surface area contributed by atoms with Gasteiger partial charge in [-0.15, -0.1) is 0 Å². The summed E-state index contributed by atoms with van der Waals surface area (Å²) < 4.78 is 13.8. The minimum Gasteiger partial charge on any atom is -0.324 e. The number of H-pyrrole nitrogens is 1. The van der Waals surface area contributed by atoms with E-state index in [1.807, 2.05) is 13.0 Å². The molecule has 1 aliphatic carbocycles. The van der Waals surface area contributed by atoms with E-state index in [2.05, 4.69) is 20.5 Å². The number of aryl methyl sites for hydroxylation is 1. The van der Waals surface area contributed by atoms with Crippen LogP contribution in [0.3, 0.4) is 0 Å². The highest BCUT2D eigenvalue weighted by Gasteiger charge is 2.45. The Hall–Kier alpha value is -2.76. The molecule has 5 nitrogen and oxygen atoms in total. The second kappa shape index (κ2) is 5.15. The first kappa shape index (κ1) is 13.9. The number of fused-ring (bicyclic) bond motifs is 1. The summed E-state index contributed by atoms with van der Waals surface area (Å²) in [4.78, 5) is 16.6. The number of aromatic amines is 1. The van der Waals surface area contributed by atoms with Crippen LogP contribution < -0.4 is 5.32 Å². The Kier molecular flexibility index (Phi) is 3.11. The first-order valence-electron chi connectivity index (χ1n) is 7.49. The van der Waals surface area contributed by atoms with Gasteiger partial charge in [0, 0.05) is 17.0 Å². The van der Waals surface area contributed by atoms with Gasteiger partial charge in [-0.05, 0) is 37.0 Å². The fourth-order valence-corrected chi connectivity index (χ4v) is 2.93. The van der Waals surface area contributed by atoms with Gasteiger partial charge in [0.1, 0.15) is 5.82 Å². The second-order valence-electron chi connectivity index (χ2n) is 5.90. The lowest BCUT2D eigenvalue weighted by Crippen LogP contribution is -2.14. The van der Waals surface area contributed by atoms with Gasteiger partial charge in [-0.25, -0.2) is 9.37 Å². The van der Waals surface area contributed by atoms with Crippen molar-refractivity contribution in [3.8, 4) is 0 Å². The number of pyridine rings is 1. The second-order valence-corrected chi connectivity index (χ2v) is 5.90. The van der Waals surface area contributed by atoms with Crippen molar-refractivity contribution in [3.63, 3.8) is 0 Å². The number of benzene rings is 1. The van der Waals surface area contributed by atoms with Gasteiger partial charge >= 0.3 is 0 Å². The molecule has 6 heteroatoms. The number of anilines is 1. The first-order chi connectivity index (χ1) is 11.1. The molecular formula is C17H15FN4O. The number of hydrogen-bond donors (Lipinski definition) is 2. The highest BCUT2D eigenvalue weighted by molar-refractivity contribution is 5.96. The summed E-state index contributed by atoms with van der Waals surface area (Å²) in [6, 6.07) is 8.48. The SMILES string of the molecule is Cc1[nH]nc2ncc(NC(=O)C3CC3c3ccccc3F)cc12. The van der Waals surface area contributed by atoms with E-state index in [0.29, 0.717) is 23.3 Å². The molecule has 0 aliphatic heterocycles. The summed E-state index contributed by atoms with van der Waals surface area (Å²) in [6.07, 6.45) is 2.26. The number of carbonyl (C=O) groups excluding carboxylic acids is 1. The summed E-state index contributed by atoms with van der Waals surface area (Å²) in [5, 5.41) is 10.7.